The van der Waals surface area contributed by atoms with Gasteiger partial charge in [0.1, 0.15) is 5.25 Å². The van der Waals surface area contributed by atoms with Gasteiger partial charge < -0.3 is 15.7 Å². The van der Waals surface area contributed by atoms with E-state index in [2.05, 4.69) is 20.8 Å². The largest absolute Gasteiger partial charge is 0.481 e. The molecule has 126 valence electrons. The molecule has 8 nitrogen and oxygen atoms in total. The highest BCUT2D eigenvalue weighted by Gasteiger charge is 2.32. The molecule has 3 N–H and O–H groups in total. The van der Waals surface area contributed by atoms with Crippen LogP contribution >= 0.6 is 11.8 Å². The first-order chi connectivity index (χ1) is 11.5. The van der Waals surface area contributed by atoms with Crippen molar-refractivity contribution in [3.05, 3.63) is 35.9 Å². The molecule has 0 unspecified atom stereocenters. The number of nitrogens with zero attached hydrogens (tertiary/aromatic N) is 2. The Balaban J connectivity index is 1.82. The minimum Gasteiger partial charge on any atom is -0.481 e. The number of hydrogen-bond acceptors (Lipinski definition) is 6. The number of hydrogen-bond donors (Lipinski definition) is 3. The molecule has 1 atom stereocenters. The van der Waals surface area contributed by atoms with Crippen LogP contribution in [0.4, 0.5) is 0 Å². The Morgan fingerprint density at radius 1 is 1.33 bits per heavy atom. The lowest BCUT2D eigenvalue weighted by Gasteiger charge is -2.05. The zero-order valence-electron chi connectivity index (χ0n) is 12.6. The van der Waals surface area contributed by atoms with Gasteiger partial charge >= 0.3 is 5.97 Å². The standard InChI is InChI=1S/C15H16N4O4S/c20-12(16-7-6-13(21)22)8-11-14(23)18-15(24-11)19-17-9-10-4-2-1-3-5-10/h1-5,9,11H,6-8H2,(H,16,20)(H,21,22)(H,18,19,23)/b17-9-/t11-/m1/s1. The zero-order chi connectivity index (χ0) is 17.4. The normalized spacial score (nSPS) is 18.8. The molecule has 24 heavy (non-hydrogen) atoms. The molecule has 2 rings (SSSR count). The lowest BCUT2D eigenvalue weighted by Crippen LogP contribution is -2.32. The summed E-state index contributed by atoms with van der Waals surface area (Å²) >= 11 is 1.12. The molecule has 0 saturated carbocycles. The Hall–Kier alpha value is -2.68. The molecule has 1 aliphatic rings. The number of carbonyl (C=O) groups is 3. The highest BCUT2D eigenvalue weighted by atomic mass is 32.2. The van der Waals surface area contributed by atoms with E-state index in [0.29, 0.717) is 5.17 Å². The summed E-state index contributed by atoms with van der Waals surface area (Å²) < 4.78 is 0. The Morgan fingerprint density at radius 3 is 2.79 bits per heavy atom. The fourth-order valence-electron chi connectivity index (χ4n) is 1.82. The minimum atomic E-state index is -0.992. The number of nitrogens with one attached hydrogen (secondary N) is 2. The van der Waals surface area contributed by atoms with E-state index in [1.807, 2.05) is 30.3 Å². The second-order valence-corrected chi connectivity index (χ2v) is 6.05. The molecule has 0 radical (unpaired) electrons. The third-order valence-corrected chi connectivity index (χ3v) is 4.04. The van der Waals surface area contributed by atoms with Gasteiger partial charge in [0.25, 0.3) is 0 Å². The van der Waals surface area contributed by atoms with Crippen LogP contribution in [0, 0.1) is 0 Å². The first kappa shape index (κ1) is 17.7. The molecule has 1 aromatic rings. The maximum atomic E-state index is 11.8. The summed E-state index contributed by atoms with van der Waals surface area (Å²) in [6.45, 7) is 0.0372. The second kappa shape index (κ2) is 8.82. The highest BCUT2D eigenvalue weighted by Crippen LogP contribution is 2.22. The Morgan fingerprint density at radius 2 is 2.08 bits per heavy atom. The number of aliphatic carboxylic acids is 1. The molecular formula is C15H16N4O4S. The van der Waals surface area contributed by atoms with Gasteiger partial charge in [0, 0.05) is 13.0 Å². The van der Waals surface area contributed by atoms with E-state index in [9.17, 15) is 14.4 Å². The van der Waals surface area contributed by atoms with Crippen molar-refractivity contribution >= 4 is 40.9 Å². The van der Waals surface area contributed by atoms with Crippen molar-refractivity contribution < 1.29 is 19.5 Å². The fourth-order valence-corrected chi connectivity index (χ4v) is 2.75. The zero-order valence-corrected chi connectivity index (χ0v) is 13.5. The van der Waals surface area contributed by atoms with Gasteiger partial charge in [-0.2, -0.15) is 5.10 Å². The molecule has 0 aromatic heterocycles. The van der Waals surface area contributed by atoms with Crippen molar-refractivity contribution in [1.82, 2.24) is 10.6 Å². The van der Waals surface area contributed by atoms with Crippen LogP contribution in [0.5, 0.6) is 0 Å². The summed E-state index contributed by atoms with van der Waals surface area (Å²) in [7, 11) is 0. The number of rotatable bonds is 7. The smallest absolute Gasteiger partial charge is 0.305 e. The van der Waals surface area contributed by atoms with Crippen molar-refractivity contribution in [1.29, 1.82) is 0 Å². The average molecular weight is 348 g/mol. The second-order valence-electron chi connectivity index (χ2n) is 4.85. The number of amides is 2. The topological polar surface area (TPSA) is 120 Å². The van der Waals surface area contributed by atoms with Gasteiger partial charge in [-0.1, -0.05) is 42.1 Å². The predicted octanol–water partition coefficient (Wildman–Crippen LogP) is 0.589. The van der Waals surface area contributed by atoms with Gasteiger partial charge in [-0.15, -0.1) is 5.10 Å². The summed E-state index contributed by atoms with van der Waals surface area (Å²) in [4.78, 5) is 33.8. The van der Waals surface area contributed by atoms with Crippen LogP contribution in [0.15, 0.2) is 40.5 Å². The Labute approximate surface area is 142 Å². The van der Waals surface area contributed by atoms with Crippen molar-refractivity contribution in [2.24, 2.45) is 10.2 Å². The van der Waals surface area contributed by atoms with Gasteiger partial charge in [0.15, 0.2) is 5.17 Å². The van der Waals surface area contributed by atoms with E-state index in [1.54, 1.807) is 6.21 Å². The third kappa shape index (κ3) is 5.84. The van der Waals surface area contributed by atoms with E-state index < -0.39 is 11.2 Å². The maximum Gasteiger partial charge on any atom is 0.305 e. The quantitative estimate of drug-likeness (QED) is 0.492. The van der Waals surface area contributed by atoms with Gasteiger partial charge in [-0.05, 0) is 5.56 Å². The molecule has 1 aliphatic heterocycles. The summed E-state index contributed by atoms with van der Waals surface area (Å²) in [6.07, 6.45) is 1.36. The van der Waals surface area contributed by atoms with Crippen LogP contribution < -0.4 is 10.6 Å². The fraction of sp³-hybridized carbons (Fsp3) is 0.267. The molecule has 1 aromatic carbocycles. The van der Waals surface area contributed by atoms with Crippen molar-refractivity contribution in [2.75, 3.05) is 6.54 Å². The molecule has 0 bridgehead atoms. The van der Waals surface area contributed by atoms with Crippen LogP contribution in [-0.2, 0) is 14.4 Å². The summed E-state index contributed by atoms with van der Waals surface area (Å²) in [5, 5.41) is 21.1. The Kier molecular flexibility index (Phi) is 6.50. The van der Waals surface area contributed by atoms with Crippen LogP contribution in [0.1, 0.15) is 18.4 Å². The van der Waals surface area contributed by atoms with Crippen LogP contribution in [0.3, 0.4) is 0 Å². The predicted molar refractivity (Wildman–Crippen MR) is 90.9 cm³/mol. The summed E-state index contributed by atoms with van der Waals surface area (Å²) in [5.41, 5.74) is 0.880. The molecule has 1 saturated heterocycles. The van der Waals surface area contributed by atoms with Gasteiger partial charge in [0.2, 0.25) is 11.8 Å². The number of carboxylic acids is 1. The van der Waals surface area contributed by atoms with Crippen molar-refractivity contribution in [2.45, 2.75) is 18.1 Å². The monoisotopic (exact) mass is 348 g/mol. The number of carboxylic acid groups (broad SMARTS) is 1. The third-order valence-electron chi connectivity index (χ3n) is 2.96. The molecule has 1 heterocycles. The minimum absolute atomic E-state index is 0.0372. The first-order valence-corrected chi connectivity index (χ1v) is 8.04. The lowest BCUT2D eigenvalue weighted by atomic mass is 10.2. The van der Waals surface area contributed by atoms with E-state index >= 15 is 0 Å². The highest BCUT2D eigenvalue weighted by molar-refractivity contribution is 8.15. The lowest BCUT2D eigenvalue weighted by molar-refractivity contribution is -0.137. The molecule has 9 heteroatoms. The van der Waals surface area contributed by atoms with Gasteiger partial charge in [-0.3, -0.25) is 14.4 Å². The van der Waals surface area contributed by atoms with E-state index in [0.717, 1.165) is 17.3 Å². The molecule has 2 amide bonds. The van der Waals surface area contributed by atoms with Gasteiger partial charge in [-0.25, -0.2) is 0 Å². The SMILES string of the molecule is O=C(O)CCNC(=O)C[C@H]1S/C(=N/N=C\c2ccccc2)NC1=O. The number of benzene rings is 1. The Bertz CT molecular complexity index is 675. The molecule has 0 aliphatic carbocycles. The van der Waals surface area contributed by atoms with Crippen LogP contribution in [0.25, 0.3) is 0 Å². The number of thioether (sulfide) groups is 1. The van der Waals surface area contributed by atoms with Crippen LogP contribution in [-0.4, -0.2) is 46.1 Å². The molecule has 0 spiro atoms. The van der Waals surface area contributed by atoms with Crippen molar-refractivity contribution in [3.63, 3.8) is 0 Å². The average Bonchev–Trinajstić information content (AvgIpc) is 2.88. The summed E-state index contributed by atoms with van der Waals surface area (Å²) in [6, 6.07) is 9.38. The molecule has 1 fully saturated rings. The summed E-state index contributed by atoms with van der Waals surface area (Å²) in [5.74, 6) is -1.69. The number of carbonyl (C=O) groups excluding carboxylic acids is 2. The van der Waals surface area contributed by atoms with E-state index in [1.165, 1.54) is 0 Å². The number of amidine groups is 1. The van der Waals surface area contributed by atoms with E-state index in [-0.39, 0.29) is 31.2 Å². The van der Waals surface area contributed by atoms with Gasteiger partial charge in [0.05, 0.1) is 12.6 Å². The first-order valence-electron chi connectivity index (χ1n) is 7.16. The maximum absolute atomic E-state index is 11.8. The molecular weight excluding hydrogens is 332 g/mol. The van der Waals surface area contributed by atoms with Crippen LogP contribution in [0.2, 0.25) is 0 Å². The van der Waals surface area contributed by atoms with Crippen molar-refractivity contribution in [3.8, 4) is 0 Å². The van der Waals surface area contributed by atoms with E-state index in [4.69, 9.17) is 5.11 Å².